The van der Waals surface area contributed by atoms with Crippen molar-refractivity contribution < 1.29 is 4.79 Å². The minimum Gasteiger partial charge on any atom is -0.311 e. The zero-order valence-corrected chi connectivity index (χ0v) is 11.1. The molecule has 0 spiro atoms. The van der Waals surface area contributed by atoms with Gasteiger partial charge in [0.1, 0.15) is 5.78 Å². The molecule has 0 unspecified atom stereocenters. The predicted octanol–water partition coefficient (Wildman–Crippen LogP) is 2.77. The Kier molecular flexibility index (Phi) is 2.97. The smallest absolute Gasteiger partial charge is 0.254 e. The highest BCUT2D eigenvalue weighted by Crippen LogP contribution is 2.30. The summed E-state index contributed by atoms with van der Waals surface area (Å²) in [5.41, 5.74) is 1.91. The first kappa shape index (κ1) is 12.2. The summed E-state index contributed by atoms with van der Waals surface area (Å²) in [4.78, 5) is 23.8. The summed E-state index contributed by atoms with van der Waals surface area (Å²) in [6.07, 6.45) is 2.85. The minimum absolute atomic E-state index is 0.0815. The first-order chi connectivity index (χ1) is 9.16. The SMILES string of the molecule is Cn1c(=O)c(C2CCC(=O)CC2)cc2ccccc21. The van der Waals surface area contributed by atoms with Crippen molar-refractivity contribution in [2.24, 2.45) is 7.05 Å². The van der Waals surface area contributed by atoms with Crippen molar-refractivity contribution in [3.05, 3.63) is 46.2 Å². The highest BCUT2D eigenvalue weighted by Gasteiger charge is 2.23. The largest absolute Gasteiger partial charge is 0.311 e. The number of rotatable bonds is 1. The van der Waals surface area contributed by atoms with Crippen LogP contribution in [-0.4, -0.2) is 10.4 Å². The molecule has 1 aromatic carbocycles. The molecular formula is C16H17NO2. The van der Waals surface area contributed by atoms with E-state index in [1.807, 2.05) is 37.4 Å². The van der Waals surface area contributed by atoms with Gasteiger partial charge in [-0.15, -0.1) is 0 Å². The van der Waals surface area contributed by atoms with Gasteiger partial charge < -0.3 is 4.57 Å². The number of aryl methyl sites for hydroxylation is 1. The summed E-state index contributed by atoms with van der Waals surface area (Å²) in [6, 6.07) is 9.94. The summed E-state index contributed by atoms with van der Waals surface area (Å²) in [5.74, 6) is 0.565. The third kappa shape index (κ3) is 2.09. The monoisotopic (exact) mass is 255 g/mol. The van der Waals surface area contributed by atoms with Gasteiger partial charge in [-0.05, 0) is 36.3 Å². The van der Waals surface area contributed by atoms with Crippen LogP contribution in [0.15, 0.2) is 35.1 Å². The maximum atomic E-state index is 12.4. The van der Waals surface area contributed by atoms with E-state index in [9.17, 15) is 9.59 Å². The van der Waals surface area contributed by atoms with Gasteiger partial charge in [0.15, 0.2) is 0 Å². The van der Waals surface area contributed by atoms with E-state index in [0.717, 1.165) is 29.3 Å². The topological polar surface area (TPSA) is 39.1 Å². The minimum atomic E-state index is 0.0815. The molecule has 1 heterocycles. The van der Waals surface area contributed by atoms with Gasteiger partial charge in [-0.2, -0.15) is 0 Å². The second kappa shape index (κ2) is 4.65. The number of fused-ring (bicyclic) bond motifs is 1. The van der Waals surface area contributed by atoms with Crippen LogP contribution < -0.4 is 5.56 Å². The van der Waals surface area contributed by atoms with Crippen LogP contribution in [0.2, 0.25) is 0 Å². The van der Waals surface area contributed by atoms with Crippen molar-refractivity contribution in [3.8, 4) is 0 Å². The number of hydrogen-bond acceptors (Lipinski definition) is 2. The van der Waals surface area contributed by atoms with Gasteiger partial charge >= 0.3 is 0 Å². The van der Waals surface area contributed by atoms with Crippen LogP contribution in [0.25, 0.3) is 10.9 Å². The van der Waals surface area contributed by atoms with Crippen molar-refractivity contribution in [3.63, 3.8) is 0 Å². The Bertz CT molecular complexity index is 689. The van der Waals surface area contributed by atoms with Crippen molar-refractivity contribution in [1.82, 2.24) is 4.57 Å². The fourth-order valence-corrected chi connectivity index (χ4v) is 2.99. The first-order valence-corrected chi connectivity index (χ1v) is 6.77. The highest BCUT2D eigenvalue weighted by molar-refractivity contribution is 5.81. The van der Waals surface area contributed by atoms with Crippen molar-refractivity contribution in [1.29, 1.82) is 0 Å². The number of Topliss-reactive ketones (excluding diaryl/α,β-unsaturated/α-hetero) is 1. The Morgan fingerprint density at radius 2 is 1.79 bits per heavy atom. The van der Waals surface area contributed by atoms with Gasteiger partial charge in [0.25, 0.3) is 5.56 Å². The summed E-state index contributed by atoms with van der Waals surface area (Å²) in [7, 11) is 1.82. The van der Waals surface area contributed by atoms with Crippen molar-refractivity contribution in [2.45, 2.75) is 31.6 Å². The van der Waals surface area contributed by atoms with E-state index in [0.29, 0.717) is 18.6 Å². The Morgan fingerprint density at radius 3 is 2.53 bits per heavy atom. The molecule has 1 fully saturated rings. The van der Waals surface area contributed by atoms with E-state index in [1.54, 1.807) is 4.57 Å². The molecule has 0 bridgehead atoms. The Hall–Kier alpha value is -1.90. The van der Waals surface area contributed by atoms with Crippen LogP contribution in [-0.2, 0) is 11.8 Å². The van der Waals surface area contributed by atoms with Crippen LogP contribution in [0.1, 0.15) is 37.2 Å². The number of para-hydroxylation sites is 1. The molecule has 3 nitrogen and oxygen atoms in total. The fourth-order valence-electron chi connectivity index (χ4n) is 2.99. The zero-order valence-electron chi connectivity index (χ0n) is 11.1. The summed E-state index contributed by atoms with van der Waals surface area (Å²) in [6.45, 7) is 0. The van der Waals surface area contributed by atoms with Gasteiger partial charge in [-0.25, -0.2) is 0 Å². The third-order valence-corrected chi connectivity index (χ3v) is 4.14. The number of aromatic nitrogens is 1. The number of benzene rings is 1. The Labute approximate surface area is 111 Å². The summed E-state index contributed by atoms with van der Waals surface area (Å²) < 4.78 is 1.72. The molecule has 0 N–H and O–H groups in total. The van der Waals surface area contributed by atoms with E-state index in [-0.39, 0.29) is 11.5 Å². The lowest BCUT2D eigenvalue weighted by atomic mass is 9.83. The van der Waals surface area contributed by atoms with E-state index in [1.165, 1.54) is 0 Å². The highest BCUT2D eigenvalue weighted by atomic mass is 16.1. The molecule has 98 valence electrons. The van der Waals surface area contributed by atoms with Crippen molar-refractivity contribution >= 4 is 16.7 Å². The fraction of sp³-hybridized carbons (Fsp3) is 0.375. The average Bonchev–Trinajstić information content (AvgIpc) is 2.44. The maximum absolute atomic E-state index is 12.4. The molecular weight excluding hydrogens is 238 g/mol. The molecule has 3 rings (SSSR count). The molecule has 3 heteroatoms. The standard InChI is InChI=1S/C16H17NO2/c1-17-15-5-3-2-4-12(15)10-14(16(17)19)11-6-8-13(18)9-7-11/h2-5,10-11H,6-9H2,1H3. The van der Waals surface area contributed by atoms with Crippen LogP contribution in [0, 0.1) is 0 Å². The number of carbonyl (C=O) groups is 1. The maximum Gasteiger partial charge on any atom is 0.254 e. The second-order valence-corrected chi connectivity index (χ2v) is 5.34. The molecule has 0 amide bonds. The van der Waals surface area contributed by atoms with Crippen LogP contribution in [0.4, 0.5) is 0 Å². The normalized spacial score (nSPS) is 17.0. The molecule has 1 saturated carbocycles. The van der Waals surface area contributed by atoms with Crippen LogP contribution in [0.3, 0.4) is 0 Å². The lowest BCUT2D eigenvalue weighted by Crippen LogP contribution is -2.25. The molecule has 2 aromatic rings. The van der Waals surface area contributed by atoms with E-state index in [2.05, 4.69) is 0 Å². The van der Waals surface area contributed by atoms with Crippen LogP contribution in [0.5, 0.6) is 0 Å². The average molecular weight is 255 g/mol. The van der Waals surface area contributed by atoms with Crippen LogP contribution >= 0.6 is 0 Å². The van der Waals surface area contributed by atoms with Gasteiger partial charge in [-0.1, -0.05) is 18.2 Å². The van der Waals surface area contributed by atoms with E-state index < -0.39 is 0 Å². The number of carbonyl (C=O) groups excluding carboxylic acids is 1. The lowest BCUT2D eigenvalue weighted by molar-refractivity contribution is -0.120. The first-order valence-electron chi connectivity index (χ1n) is 6.77. The number of hydrogen-bond donors (Lipinski definition) is 0. The van der Waals surface area contributed by atoms with Gasteiger partial charge in [0.2, 0.25) is 0 Å². The van der Waals surface area contributed by atoms with Gasteiger partial charge in [-0.3, -0.25) is 9.59 Å². The molecule has 1 aliphatic rings. The molecule has 0 aliphatic heterocycles. The quantitative estimate of drug-likeness (QED) is 0.786. The van der Waals surface area contributed by atoms with Crippen molar-refractivity contribution in [2.75, 3.05) is 0 Å². The lowest BCUT2D eigenvalue weighted by Gasteiger charge is -2.21. The zero-order chi connectivity index (χ0) is 13.4. The number of nitrogens with zero attached hydrogens (tertiary/aromatic N) is 1. The molecule has 1 aromatic heterocycles. The number of pyridine rings is 1. The molecule has 0 saturated heterocycles. The van der Waals surface area contributed by atoms with Gasteiger partial charge in [0, 0.05) is 25.5 Å². The molecule has 1 aliphatic carbocycles. The number of ketones is 1. The Morgan fingerprint density at radius 1 is 1.11 bits per heavy atom. The summed E-state index contributed by atoms with van der Waals surface area (Å²) in [5, 5.41) is 1.09. The van der Waals surface area contributed by atoms with E-state index >= 15 is 0 Å². The molecule has 0 radical (unpaired) electrons. The van der Waals surface area contributed by atoms with E-state index in [4.69, 9.17) is 0 Å². The molecule has 0 atom stereocenters. The Balaban J connectivity index is 2.11. The third-order valence-electron chi connectivity index (χ3n) is 4.14. The summed E-state index contributed by atoms with van der Waals surface area (Å²) >= 11 is 0. The predicted molar refractivity (Wildman–Crippen MR) is 75.4 cm³/mol. The second-order valence-electron chi connectivity index (χ2n) is 5.34. The molecule has 19 heavy (non-hydrogen) atoms. The van der Waals surface area contributed by atoms with Gasteiger partial charge in [0.05, 0.1) is 5.52 Å².